The highest BCUT2D eigenvalue weighted by molar-refractivity contribution is 6.74. The number of hydrogen-bond acceptors (Lipinski definition) is 3. The molecule has 0 unspecified atom stereocenters. The van der Waals surface area contributed by atoms with Gasteiger partial charge in [-0.1, -0.05) is 20.8 Å². The van der Waals surface area contributed by atoms with Gasteiger partial charge in [0.15, 0.2) is 14.1 Å². The molecule has 0 atom stereocenters. The fourth-order valence-electron chi connectivity index (χ4n) is 2.19. The van der Waals surface area contributed by atoms with E-state index in [1.54, 1.807) is 0 Å². The molecule has 1 aromatic rings. The minimum absolute atomic E-state index is 0.182. The number of nitrogens with zero attached hydrogens (tertiary/aromatic N) is 2. The third-order valence-corrected chi connectivity index (χ3v) is 9.08. The lowest BCUT2D eigenvalue weighted by Gasteiger charge is -2.35. The lowest BCUT2D eigenvalue weighted by atomic mass is 10.0. The van der Waals surface area contributed by atoms with E-state index in [-0.39, 0.29) is 16.4 Å². The first kappa shape index (κ1) is 15.4. The van der Waals surface area contributed by atoms with Crippen LogP contribution in [0.4, 0.5) is 0 Å². The van der Waals surface area contributed by atoms with Crippen molar-refractivity contribution in [3.05, 3.63) is 17.5 Å². The summed E-state index contributed by atoms with van der Waals surface area (Å²) in [5.74, 6) is 0.182. The van der Waals surface area contributed by atoms with Gasteiger partial charge in [-0.2, -0.15) is 5.10 Å². The first-order valence-corrected chi connectivity index (χ1v) is 10.1. The molecule has 1 aliphatic rings. The van der Waals surface area contributed by atoms with Gasteiger partial charge in [-0.3, -0.25) is 9.48 Å². The molecule has 1 aliphatic heterocycles. The Balaban J connectivity index is 2.15. The van der Waals surface area contributed by atoms with Gasteiger partial charge in [0.2, 0.25) is 0 Å². The number of fused-ring (bicyclic) bond motifs is 1. The summed E-state index contributed by atoms with van der Waals surface area (Å²) >= 11 is 0. The maximum absolute atomic E-state index is 12.0. The van der Waals surface area contributed by atoms with Crippen molar-refractivity contribution < 1.29 is 9.22 Å². The van der Waals surface area contributed by atoms with Gasteiger partial charge in [0, 0.05) is 6.42 Å². The Morgan fingerprint density at radius 2 is 2.00 bits per heavy atom. The molecule has 20 heavy (non-hydrogen) atoms. The van der Waals surface area contributed by atoms with Crippen molar-refractivity contribution in [3.8, 4) is 0 Å². The molecule has 0 fully saturated rings. The Kier molecular flexibility index (Phi) is 3.50. The number of carbonyl (C=O) groups is 1. The third kappa shape index (κ3) is 2.61. The molecule has 4 nitrogen and oxygen atoms in total. The molecule has 0 saturated carbocycles. The van der Waals surface area contributed by atoms with Crippen LogP contribution in [0.15, 0.2) is 6.07 Å². The monoisotopic (exact) mass is 294 g/mol. The fraction of sp³-hybridized carbons (Fsp3) is 0.733. The molecule has 0 saturated heterocycles. The van der Waals surface area contributed by atoms with Gasteiger partial charge >= 0.3 is 0 Å². The smallest absolute Gasteiger partial charge is 0.192 e. The van der Waals surface area contributed by atoms with Gasteiger partial charge in [-0.15, -0.1) is 0 Å². The standard InChI is InChI=1S/C15H26N2O2Si/c1-14(2,3)20(6,7)19-10-11-8-12-13(18)9-15(4,5)17(12)16-11/h8H,9-10H2,1-7H3. The van der Waals surface area contributed by atoms with Gasteiger partial charge in [0.1, 0.15) is 5.69 Å². The molecule has 0 bridgehead atoms. The van der Waals surface area contributed by atoms with Gasteiger partial charge in [-0.05, 0) is 38.0 Å². The normalized spacial score (nSPS) is 18.4. The van der Waals surface area contributed by atoms with Gasteiger partial charge in [0.25, 0.3) is 0 Å². The number of ketones is 1. The Labute approximate surface area is 122 Å². The maximum atomic E-state index is 12.0. The maximum Gasteiger partial charge on any atom is 0.192 e. The quantitative estimate of drug-likeness (QED) is 0.798. The van der Waals surface area contributed by atoms with E-state index in [0.717, 1.165) is 11.4 Å². The number of Topliss-reactive ketones (excluding diaryl/α,β-unsaturated/α-hetero) is 1. The predicted octanol–water partition coefficient (Wildman–Crippen LogP) is 3.73. The molecule has 0 N–H and O–H groups in total. The average Bonchev–Trinajstić information content (AvgIpc) is 2.76. The van der Waals surface area contributed by atoms with Crippen LogP contribution in [0.5, 0.6) is 0 Å². The lowest BCUT2D eigenvalue weighted by molar-refractivity contribution is 0.0977. The van der Waals surface area contributed by atoms with Crippen LogP contribution < -0.4 is 0 Å². The van der Waals surface area contributed by atoms with Crippen LogP contribution in [0.3, 0.4) is 0 Å². The van der Waals surface area contributed by atoms with Crippen LogP contribution in [0.1, 0.15) is 57.2 Å². The molecule has 1 aromatic heterocycles. The van der Waals surface area contributed by atoms with Gasteiger partial charge in [-0.25, -0.2) is 0 Å². The minimum atomic E-state index is -1.77. The molecule has 0 spiro atoms. The second-order valence-corrected chi connectivity index (χ2v) is 12.7. The van der Waals surface area contributed by atoms with Gasteiger partial charge in [0.05, 0.1) is 17.8 Å². The summed E-state index contributed by atoms with van der Waals surface area (Å²) < 4.78 is 8.03. The predicted molar refractivity (Wildman–Crippen MR) is 82.5 cm³/mol. The molecule has 0 aliphatic carbocycles. The van der Waals surface area contributed by atoms with Crippen molar-refractivity contribution in [1.29, 1.82) is 0 Å². The second-order valence-electron chi connectivity index (χ2n) is 7.89. The summed E-state index contributed by atoms with van der Waals surface area (Å²) in [6.45, 7) is 15.7. The average molecular weight is 294 g/mol. The highest BCUT2D eigenvalue weighted by atomic mass is 28.4. The summed E-state index contributed by atoms with van der Waals surface area (Å²) in [4.78, 5) is 12.0. The molecule has 0 aromatic carbocycles. The third-order valence-electron chi connectivity index (χ3n) is 4.60. The summed E-state index contributed by atoms with van der Waals surface area (Å²) in [5.41, 5.74) is 1.39. The topological polar surface area (TPSA) is 44.1 Å². The van der Waals surface area contributed by atoms with E-state index in [1.807, 2.05) is 24.6 Å². The number of aromatic nitrogens is 2. The van der Waals surface area contributed by atoms with Crippen LogP contribution in [0.2, 0.25) is 18.1 Å². The number of hydrogen-bond donors (Lipinski definition) is 0. The van der Waals surface area contributed by atoms with Crippen LogP contribution >= 0.6 is 0 Å². The van der Waals surface area contributed by atoms with E-state index in [1.165, 1.54) is 0 Å². The molecule has 0 amide bonds. The summed E-state index contributed by atoms with van der Waals surface area (Å²) in [7, 11) is -1.77. The molecule has 5 heteroatoms. The van der Waals surface area contributed by atoms with E-state index in [2.05, 4.69) is 39.0 Å². The van der Waals surface area contributed by atoms with E-state index in [0.29, 0.717) is 13.0 Å². The largest absolute Gasteiger partial charge is 0.411 e. The molecular formula is C15H26N2O2Si. The number of carbonyl (C=O) groups excluding carboxylic acids is 1. The fourth-order valence-corrected chi connectivity index (χ4v) is 3.13. The van der Waals surface area contributed by atoms with Crippen LogP contribution in [0, 0.1) is 0 Å². The van der Waals surface area contributed by atoms with E-state index in [9.17, 15) is 4.79 Å². The zero-order valence-electron chi connectivity index (χ0n) is 13.7. The molecule has 2 rings (SSSR count). The Morgan fingerprint density at radius 3 is 2.50 bits per heavy atom. The zero-order valence-corrected chi connectivity index (χ0v) is 14.7. The first-order valence-electron chi connectivity index (χ1n) is 7.21. The van der Waals surface area contributed by atoms with Crippen LogP contribution in [-0.2, 0) is 16.6 Å². The van der Waals surface area contributed by atoms with Crippen molar-refractivity contribution in [1.82, 2.24) is 9.78 Å². The SMILES string of the molecule is CC1(C)CC(=O)c2cc(CO[Si](C)(C)C(C)(C)C)nn21. The zero-order chi connectivity index (χ0) is 15.3. The molecule has 2 heterocycles. The Morgan fingerprint density at radius 1 is 1.40 bits per heavy atom. The molecular weight excluding hydrogens is 268 g/mol. The van der Waals surface area contributed by atoms with Crippen molar-refractivity contribution in [2.75, 3.05) is 0 Å². The Bertz CT molecular complexity index is 539. The summed E-state index contributed by atoms with van der Waals surface area (Å²) in [5, 5.41) is 4.76. The molecule has 0 radical (unpaired) electrons. The lowest BCUT2D eigenvalue weighted by Crippen LogP contribution is -2.40. The van der Waals surface area contributed by atoms with Crippen LogP contribution in [0.25, 0.3) is 0 Å². The summed E-state index contributed by atoms with van der Waals surface area (Å²) in [6.07, 6.45) is 0.540. The van der Waals surface area contributed by atoms with Crippen molar-refractivity contribution in [3.63, 3.8) is 0 Å². The second kappa shape index (κ2) is 4.53. The van der Waals surface area contributed by atoms with E-state index in [4.69, 9.17) is 4.43 Å². The number of rotatable bonds is 3. The minimum Gasteiger partial charge on any atom is -0.411 e. The Hall–Kier alpha value is -0.943. The van der Waals surface area contributed by atoms with E-state index >= 15 is 0 Å². The van der Waals surface area contributed by atoms with Crippen molar-refractivity contribution in [2.45, 2.75) is 71.3 Å². The van der Waals surface area contributed by atoms with Gasteiger partial charge < -0.3 is 4.43 Å². The van der Waals surface area contributed by atoms with Crippen LogP contribution in [-0.4, -0.2) is 23.9 Å². The highest BCUT2D eigenvalue weighted by Gasteiger charge is 2.39. The summed E-state index contributed by atoms with van der Waals surface area (Å²) in [6, 6.07) is 1.89. The van der Waals surface area contributed by atoms with Crippen molar-refractivity contribution in [2.24, 2.45) is 0 Å². The highest BCUT2D eigenvalue weighted by Crippen LogP contribution is 2.37. The first-order chi connectivity index (χ1) is 8.94. The van der Waals surface area contributed by atoms with E-state index < -0.39 is 8.32 Å². The van der Waals surface area contributed by atoms with Crippen molar-refractivity contribution >= 4 is 14.1 Å². The molecule has 112 valence electrons.